The molecule has 0 unspecified atom stereocenters. The standard InChI is InChI=1S/C31H37.C9H10.C7H9.2ClH.Zr/c1-28(2,3)26-16-30(7,8)24-12-18-11-19-13-25-23(15-21(19)20(18)14-22(24)26)27(29(4,5)6)17-31(25,9)10;1-2-6-9-7-4-3-5-8-9;1-6-3-4-7(2)5-6;;;/h12-16H,11H2,1-10H3;3-5,7-8H,2H2,1H3;3-5H,1-2H3;2*1H;/q-1;;-1;;;+2/p-2. The van der Waals surface area contributed by atoms with Crippen LogP contribution in [0.4, 0.5) is 0 Å². The van der Waals surface area contributed by atoms with Gasteiger partial charge in [0.2, 0.25) is 0 Å². The summed E-state index contributed by atoms with van der Waals surface area (Å²) in [5.74, 6) is 0. The van der Waals surface area contributed by atoms with Crippen LogP contribution in [0.1, 0.15) is 133 Å². The van der Waals surface area contributed by atoms with Crippen molar-refractivity contribution in [3.05, 3.63) is 135 Å². The molecule has 0 saturated carbocycles. The van der Waals surface area contributed by atoms with Crippen molar-refractivity contribution in [3.63, 3.8) is 0 Å². The predicted molar refractivity (Wildman–Crippen MR) is 207 cm³/mol. The van der Waals surface area contributed by atoms with Gasteiger partial charge in [0, 0.05) is 5.41 Å². The fourth-order valence-electron chi connectivity index (χ4n) is 7.51. The van der Waals surface area contributed by atoms with E-state index >= 15 is 0 Å². The van der Waals surface area contributed by atoms with Crippen molar-refractivity contribution < 1.29 is 49.0 Å². The third-order valence-corrected chi connectivity index (χ3v) is 11.7. The zero-order valence-electron chi connectivity index (χ0n) is 32.7. The quantitative estimate of drug-likeness (QED) is 0.175. The number of aryl methyl sites for hydroxylation is 2. The molecule has 0 nitrogen and oxygen atoms in total. The number of hydrogen-bond acceptors (Lipinski definition) is 0. The van der Waals surface area contributed by atoms with Crippen LogP contribution in [0.5, 0.6) is 0 Å². The predicted octanol–water partition coefficient (Wildman–Crippen LogP) is 6.70. The van der Waals surface area contributed by atoms with Gasteiger partial charge in [0.25, 0.3) is 0 Å². The Balaban J connectivity index is 0.000000293. The summed E-state index contributed by atoms with van der Waals surface area (Å²) in [5, 5.41) is 0. The van der Waals surface area contributed by atoms with Crippen LogP contribution in [0.15, 0.2) is 78.9 Å². The summed E-state index contributed by atoms with van der Waals surface area (Å²) >= 11 is 1.54. The Morgan fingerprint density at radius 3 is 1.78 bits per heavy atom. The van der Waals surface area contributed by atoms with E-state index in [9.17, 15) is 0 Å². The van der Waals surface area contributed by atoms with Gasteiger partial charge in [-0.3, -0.25) is 6.08 Å². The molecule has 50 heavy (non-hydrogen) atoms. The minimum atomic E-state index is -0.0202. The third-order valence-electron chi connectivity index (χ3n) is 10.1. The number of halogens is 2. The summed E-state index contributed by atoms with van der Waals surface area (Å²) in [5.41, 5.74) is 19.0. The maximum absolute atomic E-state index is 3.85. The number of allylic oxidation sites excluding steroid dienone is 4. The van der Waals surface area contributed by atoms with E-state index in [4.69, 9.17) is 0 Å². The number of fused-ring (bicyclic) bond motifs is 5. The molecule has 0 heterocycles. The first-order chi connectivity index (χ1) is 22.2. The molecule has 0 saturated heterocycles. The zero-order valence-corrected chi connectivity index (χ0v) is 36.6. The van der Waals surface area contributed by atoms with Crippen LogP contribution in [0, 0.1) is 30.8 Å². The second kappa shape index (κ2) is 15.4. The molecule has 0 radical (unpaired) electrons. The topological polar surface area (TPSA) is 0 Å². The first-order valence-corrected chi connectivity index (χ1v) is 19.0. The first kappa shape index (κ1) is 42.2. The van der Waals surface area contributed by atoms with Crippen LogP contribution in [-0.2, 0) is 41.5 Å². The van der Waals surface area contributed by atoms with E-state index in [1.165, 1.54) is 103 Å². The fourth-order valence-corrected chi connectivity index (χ4v) is 7.91. The Kier molecular flexibility index (Phi) is 13.0. The van der Waals surface area contributed by atoms with Crippen molar-refractivity contribution >= 4 is 14.4 Å². The molecule has 4 aromatic carbocycles. The largest absolute Gasteiger partial charge is 1.00 e. The van der Waals surface area contributed by atoms with Crippen LogP contribution < -0.4 is 24.8 Å². The van der Waals surface area contributed by atoms with Gasteiger partial charge in [-0.15, -0.1) is 11.6 Å². The second-order valence-corrected chi connectivity index (χ2v) is 18.8. The van der Waals surface area contributed by atoms with E-state index in [1.54, 1.807) is 3.21 Å². The third kappa shape index (κ3) is 8.71. The molecule has 0 aromatic heterocycles. The second-order valence-electron chi connectivity index (χ2n) is 17.4. The van der Waals surface area contributed by atoms with Gasteiger partial charge in [0.05, 0.1) is 0 Å². The van der Waals surface area contributed by atoms with Crippen LogP contribution in [0.2, 0.25) is 0 Å². The molecule has 0 bridgehead atoms. The average molecular weight is 783 g/mol. The van der Waals surface area contributed by atoms with Gasteiger partial charge in [-0.2, -0.15) is 23.3 Å². The molecular weight excluding hydrogens is 727 g/mol. The molecule has 264 valence electrons. The van der Waals surface area contributed by atoms with Crippen molar-refractivity contribution in [2.24, 2.45) is 10.8 Å². The summed E-state index contributed by atoms with van der Waals surface area (Å²) in [6.45, 7) is 29.8. The zero-order chi connectivity index (χ0) is 35.4. The number of hydrogen-bond donors (Lipinski definition) is 0. The molecular formula is C47H56Cl2Zr-2. The first-order valence-electron chi connectivity index (χ1n) is 17.8. The molecule has 3 heteroatoms. The van der Waals surface area contributed by atoms with Gasteiger partial charge < -0.3 is 24.8 Å². The van der Waals surface area contributed by atoms with Crippen molar-refractivity contribution in [1.82, 2.24) is 0 Å². The maximum atomic E-state index is 3.85. The van der Waals surface area contributed by atoms with Crippen LogP contribution in [0.3, 0.4) is 0 Å². The minimum Gasteiger partial charge on any atom is -1.00 e. The molecule has 7 rings (SSSR count). The summed E-state index contributed by atoms with van der Waals surface area (Å²) in [7, 11) is 0. The van der Waals surface area contributed by atoms with E-state index in [0.717, 1.165) is 6.42 Å². The van der Waals surface area contributed by atoms with Gasteiger partial charge >= 0.3 is 76.7 Å². The maximum Gasteiger partial charge on any atom is -0.0635 e. The molecule has 0 fully saturated rings. The normalized spacial score (nSPS) is 15.7. The fraction of sp³-hybridized carbons (Fsp3) is 0.404. The molecule has 0 N–H and O–H groups in total. The van der Waals surface area contributed by atoms with Gasteiger partial charge in [-0.25, -0.2) is 17.2 Å². The van der Waals surface area contributed by atoms with E-state index in [-0.39, 0.29) is 46.5 Å². The van der Waals surface area contributed by atoms with E-state index in [0.29, 0.717) is 0 Å². The Hall–Kier alpha value is -2.18. The van der Waals surface area contributed by atoms with Crippen molar-refractivity contribution in [1.29, 1.82) is 0 Å². The average Bonchev–Trinajstić information content (AvgIpc) is 3.71. The molecule has 3 aliphatic rings. The van der Waals surface area contributed by atoms with Crippen LogP contribution in [-0.4, -0.2) is 3.21 Å². The number of rotatable bonds is 2. The van der Waals surface area contributed by atoms with Crippen molar-refractivity contribution in [2.45, 2.75) is 114 Å². The number of benzene rings is 3. The Morgan fingerprint density at radius 2 is 1.32 bits per heavy atom. The van der Waals surface area contributed by atoms with Gasteiger partial charge in [-0.05, 0) is 62.3 Å². The molecule has 4 aromatic rings. The van der Waals surface area contributed by atoms with Gasteiger partial charge in [-0.1, -0.05) is 107 Å². The van der Waals surface area contributed by atoms with Gasteiger partial charge in [0.15, 0.2) is 0 Å². The molecule has 0 aliphatic heterocycles. The smallest absolute Gasteiger partial charge is 0.0635 e. The monoisotopic (exact) mass is 780 g/mol. The summed E-state index contributed by atoms with van der Waals surface area (Å²) in [6, 6.07) is 27.0. The molecule has 0 atom stereocenters. The summed E-state index contributed by atoms with van der Waals surface area (Å²) < 4.78 is 1.55. The van der Waals surface area contributed by atoms with E-state index in [1.807, 2.05) is 0 Å². The SMILES string of the molecule is CC(C)(C)C1=[C-]C(C)(C)c2cc3c(cc21)-c1cc2c(cc1C3)C(C)(C)C=C2C(C)(C)C.CC[C](=[Zr+2])c1ccccc1.Cc1c[cH-]c(C)c1.[Cl-].[Cl-]. The summed E-state index contributed by atoms with van der Waals surface area (Å²) in [4.78, 5) is 0. The van der Waals surface area contributed by atoms with Crippen molar-refractivity contribution in [2.75, 3.05) is 0 Å². The van der Waals surface area contributed by atoms with Crippen LogP contribution in [0.25, 0.3) is 22.3 Å². The minimum absolute atomic E-state index is 0. The van der Waals surface area contributed by atoms with Crippen LogP contribution >= 0.6 is 0 Å². The van der Waals surface area contributed by atoms with Gasteiger partial charge in [0.1, 0.15) is 0 Å². The molecule has 0 amide bonds. The van der Waals surface area contributed by atoms with Crippen molar-refractivity contribution in [3.8, 4) is 11.1 Å². The van der Waals surface area contributed by atoms with E-state index in [2.05, 4.69) is 175 Å². The summed E-state index contributed by atoms with van der Waals surface area (Å²) in [6.07, 6.45) is 8.59. The Labute approximate surface area is 331 Å². The Morgan fingerprint density at radius 1 is 0.760 bits per heavy atom. The Bertz CT molecular complexity index is 1800. The molecule has 3 aliphatic carbocycles. The molecule has 0 spiro atoms. The van der Waals surface area contributed by atoms with E-state index < -0.39 is 0 Å².